The van der Waals surface area contributed by atoms with Crippen molar-refractivity contribution in [2.24, 2.45) is 17.6 Å². The molecule has 1 nitrogen and oxygen atoms in total. The zero-order valence-corrected chi connectivity index (χ0v) is 11.0. The third kappa shape index (κ3) is 3.33. The molecule has 3 atom stereocenters. The summed E-state index contributed by atoms with van der Waals surface area (Å²) >= 11 is 1.86. The van der Waals surface area contributed by atoms with Crippen LogP contribution in [0.5, 0.6) is 0 Å². The van der Waals surface area contributed by atoms with Gasteiger partial charge >= 0.3 is 0 Å². The van der Waals surface area contributed by atoms with Gasteiger partial charge in [-0.1, -0.05) is 25.8 Å². The molecule has 0 saturated heterocycles. The zero-order valence-electron chi connectivity index (χ0n) is 10.2. The van der Waals surface area contributed by atoms with Crippen molar-refractivity contribution in [2.45, 2.75) is 51.5 Å². The minimum absolute atomic E-state index is 0.421. The summed E-state index contributed by atoms with van der Waals surface area (Å²) in [6.45, 7) is 2.37. The first-order valence-corrected chi connectivity index (χ1v) is 7.41. The smallest absolute Gasteiger partial charge is 0.00707 e. The van der Waals surface area contributed by atoms with Crippen molar-refractivity contribution >= 4 is 11.3 Å². The molecule has 0 amide bonds. The Hall–Kier alpha value is -0.340. The normalized spacial score (nSPS) is 27.9. The van der Waals surface area contributed by atoms with Gasteiger partial charge in [0.05, 0.1) is 0 Å². The molecule has 16 heavy (non-hydrogen) atoms. The molecule has 0 spiro atoms. The Morgan fingerprint density at radius 2 is 2.38 bits per heavy atom. The predicted molar refractivity (Wildman–Crippen MR) is 71.7 cm³/mol. The van der Waals surface area contributed by atoms with E-state index in [0.717, 1.165) is 18.3 Å². The molecule has 1 heterocycles. The molecule has 1 aliphatic carbocycles. The van der Waals surface area contributed by atoms with E-state index < -0.39 is 0 Å². The van der Waals surface area contributed by atoms with Crippen molar-refractivity contribution in [3.63, 3.8) is 0 Å². The van der Waals surface area contributed by atoms with Gasteiger partial charge in [0.1, 0.15) is 0 Å². The summed E-state index contributed by atoms with van der Waals surface area (Å²) in [5, 5.41) is 2.16. The van der Waals surface area contributed by atoms with E-state index in [-0.39, 0.29) is 0 Å². The van der Waals surface area contributed by atoms with E-state index in [2.05, 4.69) is 24.4 Å². The number of nitrogens with two attached hydrogens (primary N) is 1. The van der Waals surface area contributed by atoms with Crippen LogP contribution in [0.1, 0.15) is 43.9 Å². The number of thiophene rings is 1. The molecule has 1 aromatic rings. The van der Waals surface area contributed by atoms with Gasteiger partial charge in [0.25, 0.3) is 0 Å². The Morgan fingerprint density at radius 3 is 3.06 bits per heavy atom. The highest BCUT2D eigenvalue weighted by Gasteiger charge is 2.23. The summed E-state index contributed by atoms with van der Waals surface area (Å²) in [6.07, 6.45) is 7.84. The molecular weight excluding hydrogens is 214 g/mol. The maximum atomic E-state index is 6.33. The van der Waals surface area contributed by atoms with Crippen LogP contribution in [-0.2, 0) is 6.42 Å². The highest BCUT2D eigenvalue weighted by Crippen LogP contribution is 2.31. The molecule has 1 aromatic heterocycles. The zero-order chi connectivity index (χ0) is 11.4. The topological polar surface area (TPSA) is 26.0 Å². The second-order valence-electron chi connectivity index (χ2n) is 5.31. The Labute approximate surface area is 103 Å². The molecule has 0 aliphatic heterocycles. The quantitative estimate of drug-likeness (QED) is 0.846. The fourth-order valence-corrected chi connectivity index (χ4v) is 3.59. The number of hydrogen-bond acceptors (Lipinski definition) is 2. The Bertz CT molecular complexity index is 294. The summed E-state index contributed by atoms with van der Waals surface area (Å²) in [5.74, 6) is 1.68. The van der Waals surface area contributed by atoms with E-state index in [0.29, 0.717) is 6.04 Å². The van der Waals surface area contributed by atoms with Crippen LogP contribution in [0.25, 0.3) is 0 Å². The summed E-state index contributed by atoms with van der Waals surface area (Å²) in [7, 11) is 0. The molecule has 1 fully saturated rings. The van der Waals surface area contributed by atoms with Crippen LogP contribution >= 0.6 is 11.3 Å². The van der Waals surface area contributed by atoms with E-state index in [1.165, 1.54) is 37.0 Å². The van der Waals surface area contributed by atoms with Gasteiger partial charge in [-0.05, 0) is 49.0 Å². The van der Waals surface area contributed by atoms with Crippen LogP contribution in [0.4, 0.5) is 0 Å². The summed E-state index contributed by atoms with van der Waals surface area (Å²) in [4.78, 5) is 1.49. The SMILES string of the molecule is CC1CCCC(C(N)CCc2cccs2)C1. The second kappa shape index (κ2) is 5.83. The molecule has 0 radical (unpaired) electrons. The Morgan fingerprint density at radius 1 is 1.50 bits per heavy atom. The van der Waals surface area contributed by atoms with Crippen molar-refractivity contribution < 1.29 is 0 Å². The van der Waals surface area contributed by atoms with Crippen molar-refractivity contribution in [1.29, 1.82) is 0 Å². The highest BCUT2D eigenvalue weighted by molar-refractivity contribution is 7.09. The van der Waals surface area contributed by atoms with E-state index in [1.54, 1.807) is 0 Å². The lowest BCUT2D eigenvalue weighted by molar-refractivity contribution is 0.240. The van der Waals surface area contributed by atoms with E-state index in [4.69, 9.17) is 5.73 Å². The van der Waals surface area contributed by atoms with Gasteiger partial charge in [-0.3, -0.25) is 0 Å². The minimum atomic E-state index is 0.421. The van der Waals surface area contributed by atoms with E-state index in [1.807, 2.05) is 11.3 Å². The monoisotopic (exact) mass is 237 g/mol. The summed E-state index contributed by atoms with van der Waals surface area (Å²) < 4.78 is 0. The van der Waals surface area contributed by atoms with Crippen molar-refractivity contribution in [3.8, 4) is 0 Å². The van der Waals surface area contributed by atoms with E-state index >= 15 is 0 Å². The van der Waals surface area contributed by atoms with Crippen LogP contribution in [0, 0.1) is 11.8 Å². The maximum Gasteiger partial charge on any atom is 0.00707 e. The molecule has 2 heteroatoms. The van der Waals surface area contributed by atoms with E-state index in [9.17, 15) is 0 Å². The molecule has 0 aromatic carbocycles. The molecule has 2 N–H and O–H groups in total. The average Bonchev–Trinajstić information content (AvgIpc) is 2.78. The van der Waals surface area contributed by atoms with Crippen LogP contribution in [-0.4, -0.2) is 6.04 Å². The van der Waals surface area contributed by atoms with Crippen molar-refractivity contribution in [3.05, 3.63) is 22.4 Å². The number of rotatable bonds is 4. The number of aryl methyl sites for hydroxylation is 1. The molecule has 0 bridgehead atoms. The van der Waals surface area contributed by atoms with Gasteiger partial charge in [-0.15, -0.1) is 11.3 Å². The lowest BCUT2D eigenvalue weighted by Crippen LogP contribution is -2.33. The first-order valence-electron chi connectivity index (χ1n) is 6.53. The standard InChI is InChI=1S/C14H23NS/c1-11-4-2-5-12(10-11)14(15)8-7-13-6-3-9-16-13/h3,6,9,11-12,14H,2,4-5,7-8,10,15H2,1H3. The van der Waals surface area contributed by atoms with Gasteiger partial charge in [-0.2, -0.15) is 0 Å². The van der Waals surface area contributed by atoms with Crippen LogP contribution in [0.3, 0.4) is 0 Å². The van der Waals surface area contributed by atoms with Gasteiger partial charge in [-0.25, -0.2) is 0 Å². The van der Waals surface area contributed by atoms with Gasteiger partial charge in [0.15, 0.2) is 0 Å². The first-order chi connectivity index (χ1) is 7.75. The fourth-order valence-electron chi connectivity index (χ4n) is 2.87. The third-order valence-corrected chi connectivity index (χ3v) is 4.82. The van der Waals surface area contributed by atoms with Gasteiger partial charge in [0, 0.05) is 10.9 Å². The third-order valence-electron chi connectivity index (χ3n) is 3.89. The predicted octanol–water partition coefficient (Wildman–Crippen LogP) is 3.83. The Kier molecular flexibility index (Phi) is 4.42. The highest BCUT2D eigenvalue weighted by atomic mass is 32.1. The van der Waals surface area contributed by atoms with Crippen molar-refractivity contribution in [1.82, 2.24) is 0 Å². The van der Waals surface area contributed by atoms with Gasteiger partial charge < -0.3 is 5.73 Å². The largest absolute Gasteiger partial charge is 0.327 e. The van der Waals surface area contributed by atoms with Crippen LogP contribution in [0.2, 0.25) is 0 Å². The lowest BCUT2D eigenvalue weighted by atomic mass is 9.78. The lowest BCUT2D eigenvalue weighted by Gasteiger charge is -2.31. The molecule has 90 valence electrons. The Balaban J connectivity index is 1.76. The van der Waals surface area contributed by atoms with Crippen LogP contribution in [0.15, 0.2) is 17.5 Å². The van der Waals surface area contributed by atoms with Gasteiger partial charge in [0.2, 0.25) is 0 Å². The molecule has 1 aliphatic rings. The second-order valence-corrected chi connectivity index (χ2v) is 6.35. The average molecular weight is 237 g/mol. The molecule has 1 saturated carbocycles. The molecular formula is C14H23NS. The first kappa shape index (κ1) is 12.1. The summed E-state index contributed by atoms with van der Waals surface area (Å²) in [5.41, 5.74) is 6.33. The van der Waals surface area contributed by atoms with Crippen molar-refractivity contribution in [2.75, 3.05) is 0 Å². The maximum absolute atomic E-state index is 6.33. The minimum Gasteiger partial charge on any atom is -0.327 e. The molecule has 2 rings (SSSR count). The summed E-state index contributed by atoms with van der Waals surface area (Å²) in [6, 6.07) is 4.78. The fraction of sp³-hybridized carbons (Fsp3) is 0.714. The van der Waals surface area contributed by atoms with Crippen LogP contribution < -0.4 is 5.73 Å². The number of hydrogen-bond donors (Lipinski definition) is 1. The molecule has 3 unspecified atom stereocenters.